The lowest BCUT2D eigenvalue weighted by molar-refractivity contribution is -0.121. The Labute approximate surface area is 156 Å². The number of hydrogen-bond acceptors (Lipinski definition) is 5. The number of hydrogen-bond donors (Lipinski definition) is 2. The van der Waals surface area contributed by atoms with Gasteiger partial charge in [-0.3, -0.25) is 14.5 Å². The lowest BCUT2D eigenvalue weighted by Gasteiger charge is -2.20. The lowest BCUT2D eigenvalue weighted by Crippen LogP contribution is -2.33. The number of carbonyl (C=O) groups excluding carboxylic acids is 2. The Morgan fingerprint density at radius 2 is 1.73 bits per heavy atom. The second-order valence-corrected chi connectivity index (χ2v) is 6.03. The van der Waals surface area contributed by atoms with Gasteiger partial charge in [-0.1, -0.05) is 19.9 Å². The van der Waals surface area contributed by atoms with Crippen LogP contribution in [0.15, 0.2) is 12.1 Å². The Morgan fingerprint density at radius 3 is 2.35 bits per heavy atom. The van der Waals surface area contributed by atoms with E-state index in [-0.39, 0.29) is 18.4 Å². The number of aryl methyl sites for hydroxylation is 1. The fourth-order valence-electron chi connectivity index (χ4n) is 2.50. The molecule has 1 aromatic rings. The highest BCUT2D eigenvalue weighted by atomic mass is 16.5. The van der Waals surface area contributed by atoms with Crippen molar-refractivity contribution in [2.24, 2.45) is 0 Å². The van der Waals surface area contributed by atoms with Crippen LogP contribution in [0.4, 0.5) is 11.4 Å². The number of nitrogens with one attached hydrogen (secondary N) is 2. The predicted octanol–water partition coefficient (Wildman–Crippen LogP) is 2.19. The summed E-state index contributed by atoms with van der Waals surface area (Å²) in [5, 5.41) is 5.80. The largest absolute Gasteiger partial charge is 0.382 e. The Morgan fingerprint density at radius 1 is 1.04 bits per heavy atom. The van der Waals surface area contributed by atoms with E-state index in [0.717, 1.165) is 29.9 Å². The maximum absolute atomic E-state index is 12.3. The smallest absolute Gasteiger partial charge is 0.250 e. The summed E-state index contributed by atoms with van der Waals surface area (Å²) in [5.74, 6) is -0.306. The quantitative estimate of drug-likeness (QED) is 0.588. The molecule has 0 radical (unpaired) electrons. The molecule has 146 valence electrons. The number of likely N-dealkylation sites (N-methyl/N-ethyl adjacent to an activating group) is 1. The van der Waals surface area contributed by atoms with E-state index in [1.54, 1.807) is 7.11 Å². The van der Waals surface area contributed by atoms with Crippen LogP contribution >= 0.6 is 0 Å². The molecule has 7 nitrogen and oxygen atoms in total. The Hall–Kier alpha value is -1.96. The van der Waals surface area contributed by atoms with Crippen LogP contribution in [0.5, 0.6) is 0 Å². The number of nitrogens with zero attached hydrogens (tertiary/aromatic N) is 1. The van der Waals surface area contributed by atoms with Crippen molar-refractivity contribution in [2.75, 3.05) is 57.2 Å². The van der Waals surface area contributed by atoms with Crippen LogP contribution in [-0.2, 0) is 19.1 Å². The van der Waals surface area contributed by atoms with Crippen LogP contribution in [0.1, 0.15) is 25.0 Å². The zero-order chi connectivity index (χ0) is 19.5. The van der Waals surface area contributed by atoms with E-state index in [9.17, 15) is 9.59 Å². The fourth-order valence-corrected chi connectivity index (χ4v) is 2.50. The number of methoxy groups -OCH3 is 1. The zero-order valence-electron chi connectivity index (χ0n) is 16.5. The molecule has 2 N–H and O–H groups in total. The molecule has 0 aliphatic rings. The monoisotopic (exact) mass is 365 g/mol. The van der Waals surface area contributed by atoms with Gasteiger partial charge in [0.15, 0.2) is 0 Å². The van der Waals surface area contributed by atoms with Gasteiger partial charge in [0.1, 0.15) is 6.61 Å². The van der Waals surface area contributed by atoms with E-state index < -0.39 is 0 Å². The predicted molar refractivity (Wildman–Crippen MR) is 104 cm³/mol. The third-order valence-electron chi connectivity index (χ3n) is 4.14. The highest BCUT2D eigenvalue weighted by molar-refractivity contribution is 5.97. The van der Waals surface area contributed by atoms with Gasteiger partial charge in [0.05, 0.1) is 19.8 Å². The van der Waals surface area contributed by atoms with Crippen molar-refractivity contribution in [1.29, 1.82) is 0 Å². The summed E-state index contributed by atoms with van der Waals surface area (Å²) in [6.45, 7) is 10.6. The molecular formula is C19H31N3O4. The molecule has 7 heteroatoms. The lowest BCUT2D eigenvalue weighted by atomic mass is 10.1. The molecule has 0 aromatic heterocycles. The van der Waals surface area contributed by atoms with Crippen molar-refractivity contribution in [3.05, 3.63) is 23.3 Å². The maximum Gasteiger partial charge on any atom is 0.250 e. The number of carbonyl (C=O) groups is 2. The fraction of sp³-hybridized carbons (Fsp3) is 0.579. The number of benzene rings is 1. The Bertz CT molecular complexity index is 601. The molecule has 1 rings (SSSR count). The summed E-state index contributed by atoms with van der Waals surface area (Å²) in [6, 6.07) is 3.71. The van der Waals surface area contributed by atoms with Gasteiger partial charge in [-0.15, -0.1) is 0 Å². The molecule has 0 heterocycles. The van der Waals surface area contributed by atoms with Crippen LogP contribution in [0.2, 0.25) is 0 Å². The third kappa shape index (κ3) is 7.11. The Balaban J connectivity index is 2.75. The average Bonchev–Trinajstić information content (AvgIpc) is 2.62. The van der Waals surface area contributed by atoms with Crippen molar-refractivity contribution in [1.82, 2.24) is 4.90 Å². The van der Waals surface area contributed by atoms with Gasteiger partial charge >= 0.3 is 0 Å². The molecule has 0 unspecified atom stereocenters. The SMILES string of the molecule is CCN(CC)CC(=O)Nc1c(C)ccc(NC(=O)COCCOC)c1C. The summed E-state index contributed by atoms with van der Waals surface area (Å²) in [4.78, 5) is 26.4. The van der Waals surface area contributed by atoms with Crippen LogP contribution in [-0.4, -0.2) is 63.3 Å². The van der Waals surface area contributed by atoms with Crippen LogP contribution in [0, 0.1) is 13.8 Å². The minimum atomic E-state index is -0.242. The second-order valence-electron chi connectivity index (χ2n) is 6.03. The summed E-state index contributed by atoms with van der Waals surface area (Å²) >= 11 is 0. The van der Waals surface area contributed by atoms with Crippen LogP contribution in [0.25, 0.3) is 0 Å². The molecule has 2 amide bonds. The molecular weight excluding hydrogens is 334 g/mol. The minimum Gasteiger partial charge on any atom is -0.382 e. The van der Waals surface area contributed by atoms with E-state index in [0.29, 0.717) is 25.4 Å². The maximum atomic E-state index is 12.3. The molecule has 0 aliphatic heterocycles. The molecule has 0 fully saturated rings. The normalized spacial score (nSPS) is 10.8. The molecule has 0 atom stereocenters. The van der Waals surface area contributed by atoms with Crippen LogP contribution < -0.4 is 10.6 Å². The Kier molecular flexibility index (Phi) is 9.87. The van der Waals surface area contributed by atoms with E-state index in [1.807, 2.05) is 44.7 Å². The molecule has 0 aliphatic carbocycles. The van der Waals surface area contributed by atoms with Gasteiger partial charge in [0.25, 0.3) is 0 Å². The van der Waals surface area contributed by atoms with Crippen molar-refractivity contribution >= 4 is 23.2 Å². The van der Waals surface area contributed by atoms with Gasteiger partial charge in [-0.2, -0.15) is 0 Å². The molecule has 0 bridgehead atoms. The van der Waals surface area contributed by atoms with Crippen molar-refractivity contribution < 1.29 is 19.1 Å². The van der Waals surface area contributed by atoms with Gasteiger partial charge in [0.2, 0.25) is 11.8 Å². The first kappa shape index (κ1) is 22.1. The average molecular weight is 365 g/mol. The van der Waals surface area contributed by atoms with Crippen LogP contribution in [0.3, 0.4) is 0 Å². The number of amides is 2. The summed E-state index contributed by atoms with van der Waals surface area (Å²) < 4.78 is 10.1. The highest BCUT2D eigenvalue weighted by Crippen LogP contribution is 2.27. The van der Waals surface area contributed by atoms with Gasteiger partial charge in [-0.25, -0.2) is 0 Å². The number of rotatable bonds is 11. The minimum absolute atomic E-state index is 0.0413. The summed E-state index contributed by atoms with van der Waals surface area (Å²) in [5.41, 5.74) is 3.17. The molecule has 26 heavy (non-hydrogen) atoms. The first-order valence-corrected chi connectivity index (χ1v) is 8.91. The topological polar surface area (TPSA) is 79.9 Å². The van der Waals surface area contributed by atoms with E-state index in [1.165, 1.54) is 0 Å². The van der Waals surface area contributed by atoms with Crippen molar-refractivity contribution in [2.45, 2.75) is 27.7 Å². The van der Waals surface area contributed by atoms with Gasteiger partial charge < -0.3 is 20.1 Å². The molecule has 0 spiro atoms. The standard InChI is InChI=1S/C19H31N3O4/c1-6-22(7-2)12-17(23)21-19-14(3)8-9-16(15(19)4)20-18(24)13-26-11-10-25-5/h8-9H,6-7,10-13H2,1-5H3,(H,20,24)(H,21,23). The third-order valence-corrected chi connectivity index (χ3v) is 4.14. The molecule has 0 saturated heterocycles. The first-order valence-electron chi connectivity index (χ1n) is 8.91. The number of anilines is 2. The van der Waals surface area contributed by atoms with E-state index >= 15 is 0 Å². The number of ether oxygens (including phenoxy) is 2. The van der Waals surface area contributed by atoms with Gasteiger partial charge in [-0.05, 0) is 44.1 Å². The van der Waals surface area contributed by atoms with E-state index in [2.05, 4.69) is 10.6 Å². The van der Waals surface area contributed by atoms with Crippen molar-refractivity contribution in [3.63, 3.8) is 0 Å². The summed E-state index contributed by atoms with van der Waals surface area (Å²) in [7, 11) is 1.58. The summed E-state index contributed by atoms with van der Waals surface area (Å²) in [6.07, 6.45) is 0. The van der Waals surface area contributed by atoms with E-state index in [4.69, 9.17) is 9.47 Å². The molecule has 1 aromatic carbocycles. The molecule has 0 saturated carbocycles. The van der Waals surface area contributed by atoms with Gasteiger partial charge in [0, 0.05) is 18.5 Å². The van der Waals surface area contributed by atoms with Crippen molar-refractivity contribution in [3.8, 4) is 0 Å². The zero-order valence-corrected chi connectivity index (χ0v) is 16.5. The second kappa shape index (κ2) is 11.6. The highest BCUT2D eigenvalue weighted by Gasteiger charge is 2.14. The first-order chi connectivity index (χ1) is 12.4.